The summed E-state index contributed by atoms with van der Waals surface area (Å²) in [6.45, 7) is 0.618. The first-order chi connectivity index (χ1) is 6.74. The van der Waals surface area contributed by atoms with E-state index < -0.39 is 0 Å². The van der Waals surface area contributed by atoms with Crippen LogP contribution in [0.15, 0.2) is 28.7 Å². The normalized spacial score (nSPS) is 10.1. The number of carbonyl (C=O) groups is 1. The molecule has 76 valence electrons. The van der Waals surface area contributed by atoms with Gasteiger partial charge in [-0.1, -0.05) is 50.1 Å². The van der Waals surface area contributed by atoms with Gasteiger partial charge in [-0.3, -0.25) is 4.79 Å². The molecule has 0 aliphatic heterocycles. The minimum absolute atomic E-state index is 0.0528. The van der Waals surface area contributed by atoms with Crippen LogP contribution < -0.4 is 0 Å². The largest absolute Gasteiger partial charge is 0.369 e. The molecule has 1 aromatic rings. The van der Waals surface area contributed by atoms with Gasteiger partial charge in [0.1, 0.15) is 6.61 Å². The molecule has 0 aliphatic rings. The van der Waals surface area contributed by atoms with Crippen LogP contribution >= 0.6 is 31.9 Å². The Hall–Kier alpha value is -0.190. The molecule has 14 heavy (non-hydrogen) atoms. The van der Waals surface area contributed by atoms with E-state index in [1.165, 1.54) is 0 Å². The standard InChI is InChI=1S/C10H10Br2O2/c11-5-9(13)7-14-6-8-3-1-2-4-10(8)12/h1-4H,5-7H2. The summed E-state index contributed by atoms with van der Waals surface area (Å²) in [5.41, 5.74) is 1.05. The van der Waals surface area contributed by atoms with Crippen molar-refractivity contribution < 1.29 is 9.53 Å². The van der Waals surface area contributed by atoms with Crippen LogP contribution in [-0.2, 0) is 16.1 Å². The molecule has 1 aromatic carbocycles. The van der Waals surface area contributed by atoms with Gasteiger partial charge >= 0.3 is 0 Å². The van der Waals surface area contributed by atoms with E-state index in [2.05, 4.69) is 31.9 Å². The topological polar surface area (TPSA) is 26.3 Å². The third-order valence-corrected chi connectivity index (χ3v) is 3.03. The third-order valence-electron chi connectivity index (χ3n) is 1.63. The number of ketones is 1. The zero-order valence-electron chi connectivity index (χ0n) is 7.50. The van der Waals surface area contributed by atoms with Gasteiger partial charge in [0.05, 0.1) is 11.9 Å². The quantitative estimate of drug-likeness (QED) is 0.779. The highest BCUT2D eigenvalue weighted by Crippen LogP contribution is 2.16. The van der Waals surface area contributed by atoms with Gasteiger partial charge in [0.25, 0.3) is 0 Å². The average molecular weight is 322 g/mol. The Labute approximate surface area is 99.9 Å². The van der Waals surface area contributed by atoms with Crippen LogP contribution in [0.4, 0.5) is 0 Å². The van der Waals surface area contributed by atoms with Crippen molar-refractivity contribution in [1.82, 2.24) is 0 Å². The van der Waals surface area contributed by atoms with E-state index in [-0.39, 0.29) is 12.4 Å². The van der Waals surface area contributed by atoms with Crippen molar-refractivity contribution in [2.24, 2.45) is 0 Å². The molecule has 1 rings (SSSR count). The molecule has 0 N–H and O–H groups in total. The van der Waals surface area contributed by atoms with E-state index in [0.29, 0.717) is 11.9 Å². The second kappa shape index (κ2) is 6.32. The summed E-state index contributed by atoms with van der Waals surface area (Å²) in [6, 6.07) is 7.79. The minimum Gasteiger partial charge on any atom is -0.369 e. The predicted octanol–water partition coefficient (Wildman–Crippen LogP) is 2.93. The highest BCUT2D eigenvalue weighted by Gasteiger charge is 2.01. The second-order valence-electron chi connectivity index (χ2n) is 2.76. The summed E-state index contributed by atoms with van der Waals surface area (Å²) in [5, 5.41) is 0.350. The highest BCUT2D eigenvalue weighted by molar-refractivity contribution is 9.10. The Morgan fingerprint density at radius 1 is 1.36 bits per heavy atom. The maximum absolute atomic E-state index is 10.9. The van der Waals surface area contributed by atoms with E-state index in [9.17, 15) is 4.79 Å². The van der Waals surface area contributed by atoms with Crippen molar-refractivity contribution in [3.63, 3.8) is 0 Å². The number of benzene rings is 1. The lowest BCUT2D eigenvalue weighted by Crippen LogP contribution is -2.09. The van der Waals surface area contributed by atoms with Gasteiger partial charge in [0, 0.05) is 4.47 Å². The Morgan fingerprint density at radius 2 is 2.07 bits per heavy atom. The molecule has 4 heteroatoms. The fraction of sp³-hybridized carbons (Fsp3) is 0.300. The predicted molar refractivity (Wildman–Crippen MR) is 62.6 cm³/mol. The first kappa shape index (κ1) is 11.9. The second-order valence-corrected chi connectivity index (χ2v) is 4.17. The lowest BCUT2D eigenvalue weighted by molar-refractivity contribution is -0.121. The molecule has 0 radical (unpaired) electrons. The Kier molecular flexibility index (Phi) is 5.37. The number of Topliss-reactive ketones (excluding diaryl/α,β-unsaturated/α-hetero) is 1. The van der Waals surface area contributed by atoms with E-state index >= 15 is 0 Å². The van der Waals surface area contributed by atoms with E-state index in [1.54, 1.807) is 0 Å². The number of halogens is 2. The van der Waals surface area contributed by atoms with Gasteiger partial charge in [-0.15, -0.1) is 0 Å². The smallest absolute Gasteiger partial charge is 0.168 e. The zero-order chi connectivity index (χ0) is 10.4. The molecule has 0 spiro atoms. The van der Waals surface area contributed by atoms with Crippen molar-refractivity contribution >= 4 is 37.6 Å². The van der Waals surface area contributed by atoms with Gasteiger partial charge in [-0.05, 0) is 11.6 Å². The molecule has 0 fully saturated rings. The Morgan fingerprint density at radius 3 is 2.71 bits per heavy atom. The molecule has 0 bridgehead atoms. The van der Waals surface area contributed by atoms with Crippen molar-refractivity contribution in [3.8, 4) is 0 Å². The van der Waals surface area contributed by atoms with Crippen molar-refractivity contribution in [2.75, 3.05) is 11.9 Å². The molecular formula is C10H10Br2O2. The van der Waals surface area contributed by atoms with Crippen LogP contribution in [0.3, 0.4) is 0 Å². The van der Waals surface area contributed by atoms with Gasteiger partial charge in [-0.25, -0.2) is 0 Å². The van der Waals surface area contributed by atoms with Crippen LogP contribution in [-0.4, -0.2) is 17.7 Å². The number of ether oxygens (including phenoxy) is 1. The number of carbonyl (C=O) groups excluding carboxylic acids is 1. The SMILES string of the molecule is O=C(CBr)COCc1ccccc1Br. The zero-order valence-corrected chi connectivity index (χ0v) is 10.7. The van der Waals surface area contributed by atoms with Crippen LogP contribution in [0.1, 0.15) is 5.56 Å². The summed E-state index contributed by atoms with van der Waals surface area (Å²) >= 11 is 6.48. The fourth-order valence-corrected chi connectivity index (χ4v) is 1.49. The number of alkyl halides is 1. The lowest BCUT2D eigenvalue weighted by atomic mass is 10.2. The molecular weight excluding hydrogens is 312 g/mol. The molecule has 0 aromatic heterocycles. The van der Waals surface area contributed by atoms with Gasteiger partial charge in [-0.2, -0.15) is 0 Å². The van der Waals surface area contributed by atoms with Crippen molar-refractivity contribution in [1.29, 1.82) is 0 Å². The number of hydrogen-bond acceptors (Lipinski definition) is 2. The summed E-state index contributed by atoms with van der Waals surface area (Å²) in [4.78, 5) is 10.9. The van der Waals surface area contributed by atoms with E-state index in [4.69, 9.17) is 4.74 Å². The minimum atomic E-state index is 0.0528. The fourth-order valence-electron chi connectivity index (χ4n) is 0.929. The molecule has 0 heterocycles. The van der Waals surface area contributed by atoms with Gasteiger partial charge in [0.2, 0.25) is 0 Å². The first-order valence-electron chi connectivity index (χ1n) is 4.13. The molecule has 0 saturated carbocycles. The Balaban J connectivity index is 2.39. The average Bonchev–Trinajstić information content (AvgIpc) is 2.20. The van der Waals surface area contributed by atoms with Crippen molar-refractivity contribution in [2.45, 2.75) is 6.61 Å². The molecule has 0 aliphatic carbocycles. The summed E-state index contributed by atoms with van der Waals surface area (Å²) in [5.74, 6) is 0.0528. The molecule has 2 nitrogen and oxygen atoms in total. The monoisotopic (exact) mass is 320 g/mol. The maximum atomic E-state index is 10.9. The lowest BCUT2D eigenvalue weighted by Gasteiger charge is -2.04. The van der Waals surface area contributed by atoms with Gasteiger partial charge < -0.3 is 4.74 Å². The summed E-state index contributed by atoms with van der Waals surface area (Å²) < 4.78 is 6.25. The van der Waals surface area contributed by atoms with Gasteiger partial charge in [0.15, 0.2) is 5.78 Å². The van der Waals surface area contributed by atoms with E-state index in [1.807, 2.05) is 24.3 Å². The highest BCUT2D eigenvalue weighted by atomic mass is 79.9. The molecule has 0 atom stereocenters. The van der Waals surface area contributed by atoms with Crippen LogP contribution in [0, 0.1) is 0 Å². The summed E-state index contributed by atoms with van der Waals surface area (Å²) in [6.07, 6.45) is 0. The van der Waals surface area contributed by atoms with Crippen LogP contribution in [0.25, 0.3) is 0 Å². The molecule has 0 amide bonds. The molecule has 0 unspecified atom stereocenters. The van der Waals surface area contributed by atoms with E-state index in [0.717, 1.165) is 10.0 Å². The number of rotatable bonds is 5. The van der Waals surface area contributed by atoms with Crippen LogP contribution in [0.5, 0.6) is 0 Å². The third kappa shape index (κ3) is 3.90. The van der Waals surface area contributed by atoms with Crippen molar-refractivity contribution in [3.05, 3.63) is 34.3 Å². The number of hydrogen-bond donors (Lipinski definition) is 0. The molecule has 0 saturated heterocycles. The Bertz CT molecular complexity index is 313. The van der Waals surface area contributed by atoms with Crippen LogP contribution in [0.2, 0.25) is 0 Å². The first-order valence-corrected chi connectivity index (χ1v) is 6.04. The maximum Gasteiger partial charge on any atom is 0.168 e. The summed E-state index contributed by atoms with van der Waals surface area (Å²) in [7, 11) is 0.